The number of ether oxygens (including phenoxy) is 1. The van der Waals surface area contributed by atoms with Crippen molar-refractivity contribution in [2.75, 3.05) is 13.7 Å². The lowest BCUT2D eigenvalue weighted by Gasteiger charge is -2.14. The largest absolute Gasteiger partial charge is 0.369 e. The molecule has 1 aromatic carbocycles. The molecule has 0 spiro atoms. The van der Waals surface area contributed by atoms with Crippen LogP contribution < -0.4 is 5.32 Å². The van der Waals surface area contributed by atoms with Crippen LogP contribution in [0.1, 0.15) is 25.3 Å². The minimum atomic E-state index is -0.110. The van der Waals surface area contributed by atoms with Crippen LogP contribution in [-0.4, -0.2) is 25.5 Å². The summed E-state index contributed by atoms with van der Waals surface area (Å²) in [7, 11) is 1.80. The minimum absolute atomic E-state index is 0.0893. The van der Waals surface area contributed by atoms with Crippen molar-refractivity contribution in [1.82, 2.24) is 5.32 Å². The Balaban J connectivity index is 2.37. The normalized spacial score (nSPS) is 12.4. The first-order valence-electron chi connectivity index (χ1n) is 6.20. The maximum absolute atomic E-state index is 11.8. The minimum Gasteiger partial charge on any atom is -0.369 e. The predicted molar refractivity (Wildman–Crippen MR) is 73.9 cm³/mol. The summed E-state index contributed by atoms with van der Waals surface area (Å²) in [4.78, 5) is 11.8. The molecule has 1 N–H and O–H groups in total. The van der Waals surface area contributed by atoms with E-state index in [1.165, 1.54) is 0 Å². The summed E-state index contributed by atoms with van der Waals surface area (Å²) in [6.45, 7) is 2.55. The van der Waals surface area contributed by atoms with Gasteiger partial charge < -0.3 is 10.1 Å². The fourth-order valence-corrected chi connectivity index (χ4v) is 1.92. The van der Waals surface area contributed by atoms with E-state index in [4.69, 9.17) is 16.3 Å². The molecule has 100 valence electrons. The number of halogens is 1. The van der Waals surface area contributed by atoms with Crippen LogP contribution in [0, 0.1) is 0 Å². The van der Waals surface area contributed by atoms with Crippen LogP contribution >= 0.6 is 11.6 Å². The van der Waals surface area contributed by atoms with E-state index < -0.39 is 0 Å². The SMILES string of the molecule is CCC[C@H](NC)C(=O)COCc1ccccc1Cl. The smallest absolute Gasteiger partial charge is 0.175 e. The Labute approximate surface area is 113 Å². The second-order valence-electron chi connectivity index (χ2n) is 4.18. The molecule has 0 saturated heterocycles. The molecular weight excluding hydrogens is 250 g/mol. The molecule has 0 bridgehead atoms. The third-order valence-electron chi connectivity index (χ3n) is 2.77. The fourth-order valence-electron chi connectivity index (χ4n) is 1.73. The van der Waals surface area contributed by atoms with Gasteiger partial charge in [0, 0.05) is 5.02 Å². The topological polar surface area (TPSA) is 38.3 Å². The van der Waals surface area contributed by atoms with Gasteiger partial charge in [0.1, 0.15) is 6.61 Å². The number of benzene rings is 1. The second-order valence-corrected chi connectivity index (χ2v) is 4.59. The Kier molecular flexibility index (Phi) is 6.94. The lowest BCUT2D eigenvalue weighted by atomic mass is 10.1. The first kappa shape index (κ1) is 15.2. The van der Waals surface area contributed by atoms with Gasteiger partial charge in [0.2, 0.25) is 0 Å². The van der Waals surface area contributed by atoms with Gasteiger partial charge in [0.15, 0.2) is 5.78 Å². The van der Waals surface area contributed by atoms with E-state index in [1.54, 1.807) is 7.05 Å². The molecule has 0 amide bonds. The van der Waals surface area contributed by atoms with Crippen LogP contribution in [0.2, 0.25) is 5.02 Å². The number of carbonyl (C=O) groups excluding carboxylic acids is 1. The number of hydrogen-bond donors (Lipinski definition) is 1. The summed E-state index contributed by atoms with van der Waals surface area (Å²) in [5.41, 5.74) is 0.906. The van der Waals surface area contributed by atoms with E-state index in [0.717, 1.165) is 18.4 Å². The van der Waals surface area contributed by atoms with Crippen LogP contribution in [0.5, 0.6) is 0 Å². The Morgan fingerprint density at radius 2 is 2.17 bits per heavy atom. The van der Waals surface area contributed by atoms with E-state index in [9.17, 15) is 4.79 Å². The maximum atomic E-state index is 11.8. The molecule has 0 saturated carbocycles. The fraction of sp³-hybridized carbons (Fsp3) is 0.500. The summed E-state index contributed by atoms with van der Waals surface area (Å²) in [5.74, 6) is 0.0893. The van der Waals surface area contributed by atoms with Crippen LogP contribution in [0.15, 0.2) is 24.3 Å². The third kappa shape index (κ3) is 4.77. The molecule has 18 heavy (non-hydrogen) atoms. The zero-order chi connectivity index (χ0) is 13.4. The van der Waals surface area contributed by atoms with Crippen LogP contribution in [0.25, 0.3) is 0 Å². The highest BCUT2D eigenvalue weighted by atomic mass is 35.5. The molecule has 1 rings (SSSR count). The summed E-state index contributed by atoms with van der Waals surface area (Å²) in [5, 5.41) is 3.68. The predicted octanol–water partition coefficient (Wildman–Crippen LogP) is 2.81. The number of rotatable bonds is 8. The Bertz CT molecular complexity index is 382. The molecule has 0 aliphatic rings. The number of likely N-dealkylation sites (N-methyl/N-ethyl adjacent to an activating group) is 1. The van der Waals surface area contributed by atoms with Gasteiger partial charge in [0.05, 0.1) is 12.6 Å². The molecule has 3 nitrogen and oxygen atoms in total. The summed E-state index contributed by atoms with van der Waals surface area (Å²) >= 11 is 6.00. The van der Waals surface area contributed by atoms with E-state index in [-0.39, 0.29) is 18.4 Å². The van der Waals surface area contributed by atoms with Gasteiger partial charge in [-0.05, 0) is 25.1 Å². The maximum Gasteiger partial charge on any atom is 0.175 e. The highest BCUT2D eigenvalue weighted by molar-refractivity contribution is 6.31. The van der Waals surface area contributed by atoms with Gasteiger partial charge >= 0.3 is 0 Å². The Morgan fingerprint density at radius 3 is 2.78 bits per heavy atom. The van der Waals surface area contributed by atoms with Gasteiger partial charge in [0.25, 0.3) is 0 Å². The number of Topliss-reactive ketones (excluding diaryl/α,β-unsaturated/α-hetero) is 1. The summed E-state index contributed by atoms with van der Waals surface area (Å²) in [6.07, 6.45) is 1.81. The van der Waals surface area contributed by atoms with Crippen molar-refractivity contribution in [2.24, 2.45) is 0 Å². The Hall–Kier alpha value is -0.900. The quantitative estimate of drug-likeness (QED) is 0.789. The highest BCUT2D eigenvalue weighted by Crippen LogP contribution is 2.15. The van der Waals surface area contributed by atoms with E-state index in [2.05, 4.69) is 12.2 Å². The molecule has 0 aliphatic heterocycles. The van der Waals surface area contributed by atoms with Crippen LogP contribution in [0.3, 0.4) is 0 Å². The summed E-state index contributed by atoms with van der Waals surface area (Å²) < 4.78 is 5.42. The summed E-state index contributed by atoms with van der Waals surface area (Å²) in [6, 6.07) is 7.38. The third-order valence-corrected chi connectivity index (χ3v) is 3.14. The van der Waals surface area contributed by atoms with Gasteiger partial charge in [-0.3, -0.25) is 4.79 Å². The van der Waals surface area contributed by atoms with Gasteiger partial charge in [-0.25, -0.2) is 0 Å². The van der Waals surface area contributed by atoms with Gasteiger partial charge in [-0.2, -0.15) is 0 Å². The zero-order valence-electron chi connectivity index (χ0n) is 10.9. The zero-order valence-corrected chi connectivity index (χ0v) is 11.7. The molecule has 1 aromatic rings. The van der Waals surface area contributed by atoms with E-state index >= 15 is 0 Å². The van der Waals surface area contributed by atoms with Gasteiger partial charge in [-0.1, -0.05) is 43.1 Å². The lowest BCUT2D eigenvalue weighted by molar-refractivity contribution is -0.126. The van der Waals surface area contributed by atoms with Crippen molar-refractivity contribution >= 4 is 17.4 Å². The number of nitrogens with one attached hydrogen (secondary N) is 1. The van der Waals surface area contributed by atoms with E-state index in [1.807, 2.05) is 24.3 Å². The lowest BCUT2D eigenvalue weighted by Crippen LogP contribution is -2.36. The van der Waals surface area contributed by atoms with Crippen LogP contribution in [-0.2, 0) is 16.1 Å². The molecule has 0 aliphatic carbocycles. The van der Waals surface area contributed by atoms with Crippen molar-refractivity contribution in [1.29, 1.82) is 0 Å². The molecule has 0 heterocycles. The molecular formula is C14H20ClNO2. The number of hydrogen-bond acceptors (Lipinski definition) is 3. The average molecular weight is 270 g/mol. The number of carbonyl (C=O) groups is 1. The monoisotopic (exact) mass is 269 g/mol. The first-order valence-corrected chi connectivity index (χ1v) is 6.58. The molecule has 0 aromatic heterocycles. The van der Waals surface area contributed by atoms with Crippen molar-refractivity contribution in [3.8, 4) is 0 Å². The Morgan fingerprint density at radius 1 is 1.44 bits per heavy atom. The molecule has 1 atom stereocenters. The molecule has 0 radical (unpaired) electrons. The highest BCUT2D eigenvalue weighted by Gasteiger charge is 2.15. The molecule has 0 fully saturated rings. The van der Waals surface area contributed by atoms with Crippen molar-refractivity contribution in [2.45, 2.75) is 32.4 Å². The average Bonchev–Trinajstić information content (AvgIpc) is 2.38. The van der Waals surface area contributed by atoms with Gasteiger partial charge in [-0.15, -0.1) is 0 Å². The standard InChI is InChI=1S/C14H20ClNO2/c1-3-6-13(16-2)14(17)10-18-9-11-7-4-5-8-12(11)15/h4-5,7-8,13,16H,3,6,9-10H2,1-2H3/t13-/m0/s1. The van der Waals surface area contributed by atoms with Crippen molar-refractivity contribution < 1.29 is 9.53 Å². The molecule has 0 unspecified atom stereocenters. The van der Waals surface area contributed by atoms with Crippen molar-refractivity contribution in [3.63, 3.8) is 0 Å². The van der Waals surface area contributed by atoms with E-state index in [0.29, 0.717) is 11.6 Å². The van der Waals surface area contributed by atoms with Crippen LogP contribution in [0.4, 0.5) is 0 Å². The first-order chi connectivity index (χ1) is 8.69. The number of ketones is 1. The molecule has 4 heteroatoms. The second kappa shape index (κ2) is 8.25. The van der Waals surface area contributed by atoms with Crippen molar-refractivity contribution in [3.05, 3.63) is 34.9 Å².